The Bertz CT molecular complexity index is 328. The predicted octanol–water partition coefficient (Wildman–Crippen LogP) is -0.577. The van der Waals surface area contributed by atoms with Gasteiger partial charge in [0.1, 0.15) is 6.04 Å². The summed E-state index contributed by atoms with van der Waals surface area (Å²) in [5, 5.41) is 21.8. The van der Waals surface area contributed by atoms with Crippen LogP contribution in [0.15, 0.2) is 0 Å². The molecule has 0 spiro atoms. The van der Waals surface area contributed by atoms with Gasteiger partial charge in [-0.2, -0.15) is 0 Å². The Kier molecular flexibility index (Phi) is 4.19. The number of carbonyl (C=O) groups excluding carboxylic acids is 1. The number of β-amino-alcohol motifs (C(OH)–C–C–N with tert-alkyl or cyclic N) is 1. The van der Waals surface area contributed by atoms with Gasteiger partial charge in [-0.15, -0.1) is 0 Å². The predicted molar refractivity (Wildman–Crippen MR) is 64.0 cm³/mol. The van der Waals surface area contributed by atoms with Crippen molar-refractivity contribution in [1.29, 1.82) is 0 Å². The monoisotopic (exact) mass is 256 g/mol. The lowest BCUT2D eigenvalue weighted by Gasteiger charge is -2.26. The number of rotatable bonds is 3. The van der Waals surface area contributed by atoms with Crippen molar-refractivity contribution < 1.29 is 19.8 Å². The molecule has 6 heteroatoms. The topological polar surface area (TPSA) is 89.9 Å². The second kappa shape index (κ2) is 5.67. The van der Waals surface area contributed by atoms with Gasteiger partial charge >= 0.3 is 5.97 Å². The zero-order valence-electron chi connectivity index (χ0n) is 10.3. The summed E-state index contributed by atoms with van der Waals surface area (Å²) in [5.41, 5.74) is 0. The third-order valence-electron chi connectivity index (χ3n) is 3.81. The summed E-state index contributed by atoms with van der Waals surface area (Å²) in [6.07, 6.45) is 1.76. The van der Waals surface area contributed by atoms with Crippen LogP contribution in [0.1, 0.15) is 25.7 Å². The first-order chi connectivity index (χ1) is 8.58. The summed E-state index contributed by atoms with van der Waals surface area (Å²) in [6, 6.07) is -0.853. The molecule has 0 bridgehead atoms. The Hall–Kier alpha value is -1.14. The van der Waals surface area contributed by atoms with E-state index in [0.717, 1.165) is 25.9 Å². The highest BCUT2D eigenvalue weighted by Gasteiger charge is 2.39. The molecule has 2 saturated heterocycles. The van der Waals surface area contributed by atoms with Crippen molar-refractivity contribution in [3.05, 3.63) is 0 Å². The Morgan fingerprint density at radius 1 is 1.28 bits per heavy atom. The maximum atomic E-state index is 12.1. The number of carbonyl (C=O) groups is 2. The lowest BCUT2D eigenvalue weighted by molar-refractivity contribution is -0.148. The number of likely N-dealkylation sites (tertiary alicyclic amines) is 1. The normalized spacial score (nSPS) is 29.5. The molecule has 2 atom stereocenters. The maximum Gasteiger partial charge on any atom is 0.326 e. The second-order valence-corrected chi connectivity index (χ2v) is 5.19. The molecule has 0 aromatic heterocycles. The van der Waals surface area contributed by atoms with E-state index in [-0.39, 0.29) is 18.9 Å². The molecule has 2 aliphatic heterocycles. The molecule has 0 radical (unpaired) electrons. The largest absolute Gasteiger partial charge is 0.480 e. The van der Waals surface area contributed by atoms with Crippen molar-refractivity contribution in [2.75, 3.05) is 19.6 Å². The smallest absolute Gasteiger partial charge is 0.326 e. The van der Waals surface area contributed by atoms with Crippen LogP contribution in [0.3, 0.4) is 0 Å². The summed E-state index contributed by atoms with van der Waals surface area (Å²) in [6.45, 7) is 1.99. The lowest BCUT2D eigenvalue weighted by Crippen LogP contribution is -2.42. The molecule has 2 heterocycles. The quantitative estimate of drug-likeness (QED) is 0.629. The minimum atomic E-state index is -1.02. The molecule has 3 N–H and O–H groups in total. The van der Waals surface area contributed by atoms with Gasteiger partial charge in [-0.3, -0.25) is 4.79 Å². The van der Waals surface area contributed by atoms with Crippen molar-refractivity contribution in [1.82, 2.24) is 10.2 Å². The van der Waals surface area contributed by atoms with Gasteiger partial charge in [0.25, 0.3) is 0 Å². The van der Waals surface area contributed by atoms with Crippen LogP contribution < -0.4 is 5.32 Å². The fourth-order valence-corrected chi connectivity index (χ4v) is 2.77. The third kappa shape index (κ3) is 3.00. The van der Waals surface area contributed by atoms with Crippen molar-refractivity contribution in [3.8, 4) is 0 Å². The first kappa shape index (κ1) is 13.3. The standard InChI is InChI=1S/C12H20N2O4/c15-9-6-10(12(17)18)14(7-9)11(16)5-8-1-3-13-4-2-8/h8-10,13,15H,1-7H2,(H,17,18)/t9-,10+/m1/s1. The van der Waals surface area contributed by atoms with Crippen LogP contribution in [-0.2, 0) is 9.59 Å². The van der Waals surface area contributed by atoms with Crippen molar-refractivity contribution in [2.45, 2.75) is 37.8 Å². The molecule has 0 unspecified atom stereocenters. The van der Waals surface area contributed by atoms with Gasteiger partial charge in [-0.1, -0.05) is 0 Å². The van der Waals surface area contributed by atoms with Gasteiger partial charge < -0.3 is 20.4 Å². The fourth-order valence-electron chi connectivity index (χ4n) is 2.77. The van der Waals surface area contributed by atoms with Crippen LogP contribution in [0.2, 0.25) is 0 Å². The number of piperidine rings is 1. The van der Waals surface area contributed by atoms with Crippen molar-refractivity contribution in [3.63, 3.8) is 0 Å². The summed E-state index contributed by atoms with van der Waals surface area (Å²) in [7, 11) is 0. The van der Waals surface area contributed by atoms with E-state index in [1.54, 1.807) is 0 Å². The number of carboxylic acids is 1. The minimum absolute atomic E-state index is 0.133. The van der Waals surface area contributed by atoms with E-state index >= 15 is 0 Å². The summed E-state index contributed by atoms with van der Waals surface area (Å²) in [4.78, 5) is 24.5. The Labute approximate surface area is 106 Å². The van der Waals surface area contributed by atoms with Crippen LogP contribution in [0.25, 0.3) is 0 Å². The number of amides is 1. The minimum Gasteiger partial charge on any atom is -0.480 e. The average molecular weight is 256 g/mol. The lowest BCUT2D eigenvalue weighted by atomic mass is 9.94. The van der Waals surface area contributed by atoms with Crippen LogP contribution in [-0.4, -0.2) is 58.8 Å². The average Bonchev–Trinajstić information content (AvgIpc) is 2.73. The van der Waals surface area contributed by atoms with Gasteiger partial charge in [0, 0.05) is 19.4 Å². The van der Waals surface area contributed by atoms with E-state index < -0.39 is 18.1 Å². The number of hydrogen-bond acceptors (Lipinski definition) is 4. The van der Waals surface area contributed by atoms with Gasteiger partial charge in [0.2, 0.25) is 5.91 Å². The third-order valence-corrected chi connectivity index (χ3v) is 3.81. The SMILES string of the molecule is O=C(O)[C@@H]1C[C@@H](O)CN1C(=O)CC1CCNCC1. The van der Waals surface area contributed by atoms with Gasteiger partial charge in [-0.25, -0.2) is 4.79 Å². The number of aliphatic carboxylic acids is 1. The van der Waals surface area contributed by atoms with Gasteiger partial charge in [0.15, 0.2) is 0 Å². The Morgan fingerprint density at radius 3 is 2.56 bits per heavy atom. The molecule has 2 rings (SSSR count). The van der Waals surface area contributed by atoms with Crippen LogP contribution >= 0.6 is 0 Å². The molecule has 2 aliphatic rings. The molecule has 2 fully saturated rings. The Morgan fingerprint density at radius 2 is 1.94 bits per heavy atom. The summed E-state index contributed by atoms with van der Waals surface area (Å²) in [5.74, 6) is -0.818. The highest BCUT2D eigenvalue weighted by Crippen LogP contribution is 2.23. The number of hydrogen-bond donors (Lipinski definition) is 3. The summed E-state index contributed by atoms with van der Waals surface area (Å²) < 4.78 is 0. The molecule has 0 aliphatic carbocycles. The maximum absolute atomic E-state index is 12.1. The molecule has 0 saturated carbocycles. The number of aliphatic hydroxyl groups is 1. The number of carboxylic acid groups (broad SMARTS) is 1. The zero-order valence-corrected chi connectivity index (χ0v) is 10.3. The van der Waals surface area contributed by atoms with E-state index in [0.29, 0.717) is 12.3 Å². The van der Waals surface area contributed by atoms with Crippen LogP contribution in [0, 0.1) is 5.92 Å². The molecular formula is C12H20N2O4. The number of aliphatic hydroxyl groups excluding tert-OH is 1. The van der Waals surface area contributed by atoms with E-state index in [1.165, 1.54) is 4.90 Å². The number of nitrogens with one attached hydrogen (secondary N) is 1. The molecule has 1 amide bonds. The molecule has 0 aromatic rings. The van der Waals surface area contributed by atoms with Crippen molar-refractivity contribution >= 4 is 11.9 Å². The molecule has 6 nitrogen and oxygen atoms in total. The number of nitrogens with zero attached hydrogens (tertiary/aromatic N) is 1. The first-order valence-corrected chi connectivity index (χ1v) is 6.49. The molecule has 18 heavy (non-hydrogen) atoms. The van der Waals surface area contributed by atoms with E-state index in [1.807, 2.05) is 0 Å². The van der Waals surface area contributed by atoms with E-state index in [4.69, 9.17) is 5.11 Å². The highest BCUT2D eigenvalue weighted by atomic mass is 16.4. The van der Waals surface area contributed by atoms with Crippen LogP contribution in [0.4, 0.5) is 0 Å². The molecular weight excluding hydrogens is 236 g/mol. The Balaban J connectivity index is 1.92. The van der Waals surface area contributed by atoms with Gasteiger partial charge in [-0.05, 0) is 31.8 Å². The van der Waals surface area contributed by atoms with Crippen molar-refractivity contribution in [2.24, 2.45) is 5.92 Å². The molecule has 102 valence electrons. The highest BCUT2D eigenvalue weighted by molar-refractivity contribution is 5.84. The van der Waals surface area contributed by atoms with E-state index in [9.17, 15) is 14.7 Å². The second-order valence-electron chi connectivity index (χ2n) is 5.19. The first-order valence-electron chi connectivity index (χ1n) is 6.49. The van der Waals surface area contributed by atoms with Crippen LogP contribution in [0.5, 0.6) is 0 Å². The van der Waals surface area contributed by atoms with E-state index in [2.05, 4.69) is 5.32 Å². The zero-order chi connectivity index (χ0) is 13.1. The summed E-state index contributed by atoms with van der Waals surface area (Å²) >= 11 is 0. The van der Waals surface area contributed by atoms with Gasteiger partial charge in [0.05, 0.1) is 6.10 Å². The molecule has 0 aromatic carbocycles. The fraction of sp³-hybridized carbons (Fsp3) is 0.833.